The molecule has 0 saturated heterocycles. The summed E-state index contributed by atoms with van der Waals surface area (Å²) in [4.78, 5) is 10.3. The Hall–Kier alpha value is -1.03. The molecule has 0 spiro atoms. The van der Waals surface area contributed by atoms with Crippen molar-refractivity contribution in [3.8, 4) is 0 Å². The molecule has 0 aromatic heterocycles. The highest BCUT2D eigenvalue weighted by molar-refractivity contribution is 5.95. The number of nitrogens with two attached hydrogens (primary N) is 3. The molecule has 4 nitrogen and oxygen atoms in total. The van der Waals surface area contributed by atoms with Crippen molar-refractivity contribution in [1.29, 1.82) is 0 Å². The van der Waals surface area contributed by atoms with Crippen LogP contribution in [0.15, 0.2) is 11.9 Å². The number of rotatable bonds is 2. The minimum atomic E-state index is -0.326. The SMILES string of the molecule is N/C=C(\N)C(=O)CN. The average molecular weight is 115 g/mol. The summed E-state index contributed by atoms with van der Waals surface area (Å²) in [5.74, 6) is -0.326. The molecule has 0 rings (SSSR count). The number of Topliss-reactive ketones (excluding diaryl/α,β-unsaturated/α-hetero) is 1. The van der Waals surface area contributed by atoms with E-state index >= 15 is 0 Å². The van der Waals surface area contributed by atoms with E-state index < -0.39 is 0 Å². The van der Waals surface area contributed by atoms with Gasteiger partial charge in [-0.15, -0.1) is 0 Å². The monoisotopic (exact) mass is 115 g/mol. The molecule has 0 heterocycles. The van der Waals surface area contributed by atoms with E-state index in [1.165, 1.54) is 0 Å². The molecule has 4 heteroatoms. The molecule has 0 fully saturated rings. The Balaban J connectivity index is 3.83. The molecule has 0 aliphatic rings. The fourth-order valence-corrected chi connectivity index (χ4v) is 0.211. The van der Waals surface area contributed by atoms with Crippen LogP contribution in [-0.4, -0.2) is 12.3 Å². The number of hydrogen-bond donors (Lipinski definition) is 3. The van der Waals surface area contributed by atoms with E-state index in [1.54, 1.807) is 0 Å². The van der Waals surface area contributed by atoms with Crippen molar-refractivity contribution >= 4 is 5.78 Å². The first kappa shape index (κ1) is 6.97. The lowest BCUT2D eigenvalue weighted by molar-refractivity contribution is -0.114. The molecule has 0 aliphatic heterocycles. The molecule has 46 valence electrons. The molecule has 0 aliphatic carbocycles. The molecule has 0 atom stereocenters. The predicted molar refractivity (Wildman–Crippen MR) is 30.5 cm³/mol. The highest BCUT2D eigenvalue weighted by Crippen LogP contribution is 1.77. The molecule has 0 saturated carbocycles. The first-order valence-electron chi connectivity index (χ1n) is 2.13. The molecule has 0 amide bonds. The summed E-state index contributed by atoms with van der Waals surface area (Å²) >= 11 is 0. The van der Waals surface area contributed by atoms with Gasteiger partial charge >= 0.3 is 0 Å². The summed E-state index contributed by atoms with van der Waals surface area (Å²) in [6.07, 6.45) is 1.04. The number of hydrogen-bond acceptors (Lipinski definition) is 4. The summed E-state index contributed by atoms with van der Waals surface area (Å²) < 4.78 is 0. The third-order valence-corrected chi connectivity index (χ3v) is 0.687. The van der Waals surface area contributed by atoms with Gasteiger partial charge in [-0.25, -0.2) is 0 Å². The van der Waals surface area contributed by atoms with Gasteiger partial charge in [-0.3, -0.25) is 4.79 Å². The lowest BCUT2D eigenvalue weighted by Gasteiger charge is -1.91. The molecule has 0 aromatic carbocycles. The van der Waals surface area contributed by atoms with E-state index in [0.717, 1.165) is 6.20 Å². The smallest absolute Gasteiger partial charge is 0.193 e. The zero-order valence-electron chi connectivity index (χ0n) is 4.42. The van der Waals surface area contributed by atoms with Crippen molar-refractivity contribution in [3.63, 3.8) is 0 Å². The van der Waals surface area contributed by atoms with Crippen LogP contribution in [0, 0.1) is 0 Å². The lowest BCUT2D eigenvalue weighted by Crippen LogP contribution is -2.21. The summed E-state index contributed by atoms with van der Waals surface area (Å²) in [6, 6.07) is 0. The Labute approximate surface area is 47.3 Å². The van der Waals surface area contributed by atoms with Gasteiger partial charge in [-0.1, -0.05) is 0 Å². The summed E-state index contributed by atoms with van der Waals surface area (Å²) in [6.45, 7) is -0.0838. The summed E-state index contributed by atoms with van der Waals surface area (Å²) in [7, 11) is 0. The highest BCUT2D eigenvalue weighted by Gasteiger charge is 1.98. The van der Waals surface area contributed by atoms with Crippen LogP contribution in [0.25, 0.3) is 0 Å². The van der Waals surface area contributed by atoms with Gasteiger partial charge in [0.05, 0.1) is 12.2 Å². The largest absolute Gasteiger partial charge is 0.403 e. The van der Waals surface area contributed by atoms with Crippen molar-refractivity contribution < 1.29 is 4.79 Å². The van der Waals surface area contributed by atoms with Crippen LogP contribution in [0.5, 0.6) is 0 Å². The van der Waals surface area contributed by atoms with Gasteiger partial charge in [0, 0.05) is 6.20 Å². The second-order valence-corrected chi connectivity index (χ2v) is 1.25. The van der Waals surface area contributed by atoms with Crippen molar-refractivity contribution in [2.24, 2.45) is 17.2 Å². The fourth-order valence-electron chi connectivity index (χ4n) is 0.211. The third-order valence-electron chi connectivity index (χ3n) is 0.687. The van der Waals surface area contributed by atoms with E-state index in [4.69, 9.17) is 17.2 Å². The van der Waals surface area contributed by atoms with Gasteiger partial charge in [0.25, 0.3) is 0 Å². The Morgan fingerprint density at radius 2 is 2.12 bits per heavy atom. The van der Waals surface area contributed by atoms with Crippen LogP contribution in [-0.2, 0) is 4.79 Å². The van der Waals surface area contributed by atoms with Crippen LogP contribution in [0.4, 0.5) is 0 Å². The zero-order chi connectivity index (χ0) is 6.57. The number of ketones is 1. The third kappa shape index (κ3) is 1.61. The maximum absolute atomic E-state index is 10.3. The van der Waals surface area contributed by atoms with Gasteiger partial charge in [0.1, 0.15) is 0 Å². The Morgan fingerprint density at radius 1 is 1.62 bits per heavy atom. The second kappa shape index (κ2) is 3.04. The quantitative estimate of drug-likeness (QED) is 0.373. The first-order chi connectivity index (χ1) is 3.72. The van der Waals surface area contributed by atoms with Crippen LogP contribution < -0.4 is 17.2 Å². The maximum atomic E-state index is 10.3. The molecule has 0 radical (unpaired) electrons. The van der Waals surface area contributed by atoms with Gasteiger partial charge in [-0.2, -0.15) is 0 Å². The predicted octanol–water partition coefficient (Wildman–Crippen LogP) is -1.73. The van der Waals surface area contributed by atoms with Gasteiger partial charge in [0.15, 0.2) is 5.78 Å². The average Bonchev–Trinajstić information content (AvgIpc) is 1.84. The van der Waals surface area contributed by atoms with E-state index in [9.17, 15) is 4.79 Å². The molecule has 6 N–H and O–H groups in total. The second-order valence-electron chi connectivity index (χ2n) is 1.25. The number of carbonyl (C=O) groups excluding carboxylic acids is 1. The van der Waals surface area contributed by atoms with E-state index in [-0.39, 0.29) is 18.0 Å². The normalized spacial score (nSPS) is 11.4. The maximum Gasteiger partial charge on any atom is 0.193 e. The highest BCUT2D eigenvalue weighted by atomic mass is 16.1. The van der Waals surface area contributed by atoms with Gasteiger partial charge < -0.3 is 17.2 Å². The van der Waals surface area contributed by atoms with E-state index in [0.29, 0.717) is 0 Å². The Kier molecular flexibility index (Phi) is 2.64. The molecular weight excluding hydrogens is 106 g/mol. The Morgan fingerprint density at radius 3 is 2.25 bits per heavy atom. The number of carbonyl (C=O) groups is 1. The van der Waals surface area contributed by atoms with Crippen LogP contribution >= 0.6 is 0 Å². The van der Waals surface area contributed by atoms with Gasteiger partial charge in [0.2, 0.25) is 0 Å². The van der Waals surface area contributed by atoms with Crippen LogP contribution in [0.3, 0.4) is 0 Å². The van der Waals surface area contributed by atoms with Gasteiger partial charge in [-0.05, 0) is 0 Å². The van der Waals surface area contributed by atoms with Crippen LogP contribution in [0.1, 0.15) is 0 Å². The Bertz CT molecular complexity index is 118. The van der Waals surface area contributed by atoms with Crippen LogP contribution in [0.2, 0.25) is 0 Å². The van der Waals surface area contributed by atoms with Crippen molar-refractivity contribution in [2.45, 2.75) is 0 Å². The standard InChI is InChI=1S/C4H9N3O/c5-1-3(7)4(8)2-6/h1H,2,5-7H2/b3-1-. The molecule has 0 unspecified atom stereocenters. The molecule has 0 bridgehead atoms. The fraction of sp³-hybridized carbons (Fsp3) is 0.250. The van der Waals surface area contributed by atoms with E-state index in [1.807, 2.05) is 0 Å². The van der Waals surface area contributed by atoms with Crippen molar-refractivity contribution in [1.82, 2.24) is 0 Å². The topological polar surface area (TPSA) is 95.1 Å². The minimum absolute atomic E-state index is 0.0208. The van der Waals surface area contributed by atoms with Crippen molar-refractivity contribution in [3.05, 3.63) is 11.9 Å². The first-order valence-corrected chi connectivity index (χ1v) is 2.13. The van der Waals surface area contributed by atoms with E-state index in [2.05, 4.69) is 0 Å². The van der Waals surface area contributed by atoms with Crippen molar-refractivity contribution in [2.75, 3.05) is 6.54 Å². The lowest BCUT2D eigenvalue weighted by atomic mass is 10.3. The summed E-state index contributed by atoms with van der Waals surface area (Å²) in [5, 5.41) is 0. The summed E-state index contributed by atoms with van der Waals surface area (Å²) in [5.41, 5.74) is 14.9. The molecule has 8 heavy (non-hydrogen) atoms. The molecular formula is C4H9N3O. The molecule has 0 aromatic rings. The zero-order valence-corrected chi connectivity index (χ0v) is 4.42. The minimum Gasteiger partial charge on any atom is -0.403 e.